The van der Waals surface area contributed by atoms with E-state index in [4.69, 9.17) is 0 Å². The first-order chi connectivity index (χ1) is 12.7. The standard InChI is InChI=1S/C21H20BrN3O/c22-18-7-4-6-17(13-18)20-10-5-11-24(20)21(26)12-16-14-23-25(15-16)19-8-2-1-3-9-19/h1-4,6-9,13-15,20H,5,10-12H2/t20-/m0/s1. The van der Waals surface area contributed by atoms with Crippen LogP contribution < -0.4 is 0 Å². The highest BCUT2D eigenvalue weighted by Crippen LogP contribution is 2.33. The van der Waals surface area contributed by atoms with Gasteiger partial charge in [0.1, 0.15) is 0 Å². The number of rotatable bonds is 4. The number of likely N-dealkylation sites (tertiary alicyclic amines) is 1. The van der Waals surface area contributed by atoms with E-state index in [1.807, 2.05) is 58.2 Å². The maximum absolute atomic E-state index is 12.9. The Labute approximate surface area is 161 Å². The van der Waals surface area contributed by atoms with E-state index in [1.54, 1.807) is 6.20 Å². The number of carbonyl (C=O) groups excluding carboxylic acids is 1. The van der Waals surface area contributed by atoms with Gasteiger partial charge in [0.15, 0.2) is 0 Å². The van der Waals surface area contributed by atoms with Crippen molar-refractivity contribution in [2.45, 2.75) is 25.3 Å². The minimum absolute atomic E-state index is 0.167. The number of aromatic nitrogens is 2. The summed E-state index contributed by atoms with van der Waals surface area (Å²) in [4.78, 5) is 14.9. The lowest BCUT2D eigenvalue weighted by Gasteiger charge is -2.25. The Kier molecular flexibility index (Phi) is 4.89. The molecule has 1 aliphatic rings. The van der Waals surface area contributed by atoms with Crippen LogP contribution in [0.25, 0.3) is 5.69 Å². The molecule has 4 nitrogen and oxygen atoms in total. The lowest BCUT2D eigenvalue weighted by Crippen LogP contribution is -2.31. The minimum atomic E-state index is 0.167. The van der Waals surface area contributed by atoms with Crippen molar-refractivity contribution in [2.75, 3.05) is 6.54 Å². The Morgan fingerprint density at radius 2 is 2.00 bits per heavy atom. The summed E-state index contributed by atoms with van der Waals surface area (Å²) in [5, 5.41) is 4.39. The Hall–Kier alpha value is -2.40. The van der Waals surface area contributed by atoms with Gasteiger partial charge in [-0.15, -0.1) is 0 Å². The SMILES string of the molecule is O=C(Cc1cnn(-c2ccccc2)c1)N1CCC[C@H]1c1cccc(Br)c1. The molecule has 2 heterocycles. The van der Waals surface area contributed by atoms with Gasteiger partial charge in [-0.25, -0.2) is 4.68 Å². The second kappa shape index (κ2) is 7.46. The summed E-state index contributed by atoms with van der Waals surface area (Å²) < 4.78 is 2.87. The summed E-state index contributed by atoms with van der Waals surface area (Å²) in [6, 6.07) is 18.4. The number of carbonyl (C=O) groups is 1. The van der Waals surface area contributed by atoms with Crippen molar-refractivity contribution in [2.24, 2.45) is 0 Å². The van der Waals surface area contributed by atoms with Crippen molar-refractivity contribution < 1.29 is 4.79 Å². The predicted octanol–water partition coefficient (Wildman–Crippen LogP) is 4.54. The van der Waals surface area contributed by atoms with Crippen LogP contribution in [-0.2, 0) is 11.2 Å². The maximum atomic E-state index is 12.9. The number of hydrogen-bond acceptors (Lipinski definition) is 2. The van der Waals surface area contributed by atoms with Gasteiger partial charge >= 0.3 is 0 Å². The molecule has 132 valence electrons. The van der Waals surface area contributed by atoms with E-state index in [0.29, 0.717) is 6.42 Å². The van der Waals surface area contributed by atoms with Crippen molar-refractivity contribution >= 4 is 21.8 Å². The molecule has 5 heteroatoms. The van der Waals surface area contributed by atoms with Crippen molar-refractivity contribution in [1.82, 2.24) is 14.7 Å². The van der Waals surface area contributed by atoms with Crippen LogP contribution in [0.2, 0.25) is 0 Å². The predicted molar refractivity (Wildman–Crippen MR) is 105 cm³/mol. The average Bonchev–Trinajstić information content (AvgIpc) is 3.32. The molecule has 1 saturated heterocycles. The molecule has 1 amide bonds. The van der Waals surface area contributed by atoms with Crippen molar-refractivity contribution in [3.05, 3.63) is 82.6 Å². The van der Waals surface area contributed by atoms with E-state index in [0.717, 1.165) is 35.1 Å². The lowest BCUT2D eigenvalue weighted by molar-refractivity contribution is -0.131. The Bertz CT molecular complexity index is 906. The average molecular weight is 410 g/mol. The van der Waals surface area contributed by atoms with Crippen LogP contribution in [0.15, 0.2) is 71.5 Å². The molecule has 2 aromatic carbocycles. The molecule has 0 bridgehead atoms. The molecular weight excluding hydrogens is 390 g/mol. The molecule has 0 saturated carbocycles. The number of para-hydroxylation sites is 1. The van der Waals surface area contributed by atoms with Crippen LogP contribution in [0.3, 0.4) is 0 Å². The van der Waals surface area contributed by atoms with Crippen molar-refractivity contribution in [3.63, 3.8) is 0 Å². The molecule has 0 unspecified atom stereocenters. The largest absolute Gasteiger partial charge is 0.335 e. The first-order valence-electron chi connectivity index (χ1n) is 8.84. The minimum Gasteiger partial charge on any atom is -0.335 e. The smallest absolute Gasteiger partial charge is 0.227 e. The molecule has 4 rings (SSSR count). The highest BCUT2D eigenvalue weighted by molar-refractivity contribution is 9.10. The topological polar surface area (TPSA) is 38.1 Å². The number of halogens is 1. The fourth-order valence-electron chi connectivity index (χ4n) is 3.58. The third kappa shape index (κ3) is 3.58. The van der Waals surface area contributed by atoms with Crippen LogP contribution in [0.1, 0.15) is 30.0 Å². The Balaban J connectivity index is 1.48. The van der Waals surface area contributed by atoms with Gasteiger partial charge in [0, 0.05) is 17.2 Å². The third-order valence-electron chi connectivity index (χ3n) is 4.82. The zero-order valence-electron chi connectivity index (χ0n) is 14.4. The molecule has 1 atom stereocenters. The highest BCUT2D eigenvalue weighted by atomic mass is 79.9. The lowest BCUT2D eigenvalue weighted by atomic mass is 10.0. The molecule has 26 heavy (non-hydrogen) atoms. The molecule has 0 spiro atoms. The summed E-state index contributed by atoms with van der Waals surface area (Å²) in [5.74, 6) is 0.167. The third-order valence-corrected chi connectivity index (χ3v) is 5.31. The Morgan fingerprint density at radius 3 is 2.81 bits per heavy atom. The highest BCUT2D eigenvalue weighted by Gasteiger charge is 2.30. The number of amides is 1. The van der Waals surface area contributed by atoms with Crippen LogP contribution in [0.4, 0.5) is 0 Å². The van der Waals surface area contributed by atoms with Gasteiger partial charge in [-0.1, -0.05) is 46.3 Å². The number of nitrogens with zero attached hydrogens (tertiary/aromatic N) is 3. The van der Waals surface area contributed by atoms with Gasteiger partial charge in [-0.05, 0) is 48.2 Å². The zero-order chi connectivity index (χ0) is 17.9. The van der Waals surface area contributed by atoms with E-state index >= 15 is 0 Å². The first kappa shape index (κ1) is 17.0. The maximum Gasteiger partial charge on any atom is 0.227 e. The molecule has 0 N–H and O–H groups in total. The van der Waals surface area contributed by atoms with Crippen LogP contribution in [0.5, 0.6) is 0 Å². The van der Waals surface area contributed by atoms with Crippen LogP contribution >= 0.6 is 15.9 Å². The summed E-state index contributed by atoms with van der Waals surface area (Å²) in [6.07, 6.45) is 6.18. The summed E-state index contributed by atoms with van der Waals surface area (Å²) >= 11 is 3.53. The molecule has 0 radical (unpaired) electrons. The Morgan fingerprint density at radius 1 is 1.15 bits per heavy atom. The molecule has 1 aromatic heterocycles. The van der Waals surface area contributed by atoms with Gasteiger partial charge in [0.25, 0.3) is 0 Å². The second-order valence-corrected chi connectivity index (χ2v) is 7.52. The van der Waals surface area contributed by atoms with E-state index in [1.165, 1.54) is 5.56 Å². The fourth-order valence-corrected chi connectivity index (χ4v) is 3.99. The fraction of sp³-hybridized carbons (Fsp3) is 0.238. The monoisotopic (exact) mass is 409 g/mol. The van der Waals surface area contributed by atoms with Crippen molar-refractivity contribution in [3.8, 4) is 5.69 Å². The molecule has 1 aliphatic heterocycles. The van der Waals surface area contributed by atoms with E-state index in [-0.39, 0.29) is 11.9 Å². The summed E-state index contributed by atoms with van der Waals surface area (Å²) in [6.45, 7) is 0.822. The van der Waals surface area contributed by atoms with Gasteiger partial charge in [-0.2, -0.15) is 5.10 Å². The van der Waals surface area contributed by atoms with Gasteiger partial charge < -0.3 is 4.90 Å². The van der Waals surface area contributed by atoms with Crippen molar-refractivity contribution in [1.29, 1.82) is 0 Å². The normalized spacial score (nSPS) is 16.8. The van der Waals surface area contributed by atoms with Crippen LogP contribution in [0, 0.1) is 0 Å². The number of benzene rings is 2. The van der Waals surface area contributed by atoms with Crippen LogP contribution in [-0.4, -0.2) is 27.1 Å². The number of hydrogen-bond donors (Lipinski definition) is 0. The molecular formula is C21H20BrN3O. The quantitative estimate of drug-likeness (QED) is 0.634. The molecule has 0 aliphatic carbocycles. The molecule has 3 aromatic rings. The summed E-state index contributed by atoms with van der Waals surface area (Å²) in [5.41, 5.74) is 3.14. The van der Waals surface area contributed by atoms with E-state index in [9.17, 15) is 4.79 Å². The first-order valence-corrected chi connectivity index (χ1v) is 9.64. The van der Waals surface area contributed by atoms with E-state index in [2.05, 4.69) is 33.2 Å². The van der Waals surface area contributed by atoms with Gasteiger partial charge in [-0.3, -0.25) is 4.79 Å². The van der Waals surface area contributed by atoms with Gasteiger partial charge in [0.05, 0.1) is 24.3 Å². The van der Waals surface area contributed by atoms with E-state index < -0.39 is 0 Å². The summed E-state index contributed by atoms with van der Waals surface area (Å²) in [7, 11) is 0. The zero-order valence-corrected chi connectivity index (χ0v) is 16.0. The molecule has 1 fully saturated rings. The van der Waals surface area contributed by atoms with Gasteiger partial charge in [0.2, 0.25) is 5.91 Å². The second-order valence-electron chi connectivity index (χ2n) is 6.61.